The molecule has 1 unspecified atom stereocenters. The number of hydrogen-bond acceptors (Lipinski definition) is 3. The molecule has 0 heterocycles. The maximum absolute atomic E-state index is 8.68. The van der Waals surface area contributed by atoms with E-state index < -0.39 is 0 Å². The van der Waals surface area contributed by atoms with E-state index in [0.29, 0.717) is 26.2 Å². The van der Waals surface area contributed by atoms with E-state index in [9.17, 15) is 0 Å². The van der Waals surface area contributed by atoms with Gasteiger partial charge in [0.05, 0.1) is 25.9 Å². The summed E-state index contributed by atoms with van der Waals surface area (Å²) in [6.45, 7) is 5.96. The number of aliphatic hydroxyl groups excluding tert-OH is 1. The zero-order chi connectivity index (χ0) is 13.9. The topological polar surface area (TPSA) is 38.7 Å². The Morgan fingerprint density at radius 1 is 1.37 bits per heavy atom. The van der Waals surface area contributed by atoms with Gasteiger partial charge in [0.25, 0.3) is 0 Å². The fourth-order valence-electron chi connectivity index (χ4n) is 1.53. The van der Waals surface area contributed by atoms with Crippen molar-refractivity contribution in [1.82, 2.24) is 0 Å². The third-order valence-electron chi connectivity index (χ3n) is 2.49. The van der Waals surface area contributed by atoms with Crippen molar-refractivity contribution in [1.29, 1.82) is 0 Å². The van der Waals surface area contributed by atoms with Crippen LogP contribution in [0.25, 0.3) is 0 Å². The van der Waals surface area contributed by atoms with Crippen LogP contribution in [-0.4, -0.2) is 31.0 Å². The Hall–Kier alpha value is -1.34. The summed E-state index contributed by atoms with van der Waals surface area (Å²) in [5, 5.41) is 8.68. The molecular weight excluding hydrogens is 240 g/mol. The van der Waals surface area contributed by atoms with Crippen molar-refractivity contribution < 1.29 is 14.6 Å². The van der Waals surface area contributed by atoms with Crippen molar-refractivity contribution in [3.63, 3.8) is 0 Å². The van der Waals surface area contributed by atoms with Gasteiger partial charge >= 0.3 is 0 Å². The molecule has 0 saturated carbocycles. The highest BCUT2D eigenvalue weighted by atomic mass is 16.5. The summed E-state index contributed by atoms with van der Waals surface area (Å²) < 4.78 is 11.0. The van der Waals surface area contributed by atoms with Gasteiger partial charge in [-0.3, -0.25) is 0 Å². The van der Waals surface area contributed by atoms with Gasteiger partial charge in [-0.05, 0) is 31.5 Å². The fraction of sp³-hybridized carbons (Fsp3) is 0.500. The molecule has 0 fully saturated rings. The van der Waals surface area contributed by atoms with E-state index in [4.69, 9.17) is 14.6 Å². The molecular formula is C16H22O3. The average Bonchev–Trinajstić information content (AvgIpc) is 2.44. The third kappa shape index (κ3) is 6.97. The largest absolute Gasteiger partial charge is 0.395 e. The van der Waals surface area contributed by atoms with Crippen molar-refractivity contribution in [3.05, 3.63) is 35.4 Å². The van der Waals surface area contributed by atoms with Crippen LogP contribution in [0.5, 0.6) is 0 Å². The van der Waals surface area contributed by atoms with E-state index in [0.717, 1.165) is 11.1 Å². The molecule has 0 radical (unpaired) electrons. The molecule has 1 atom stereocenters. The summed E-state index contributed by atoms with van der Waals surface area (Å²) in [7, 11) is 0. The van der Waals surface area contributed by atoms with Gasteiger partial charge in [-0.15, -0.1) is 0 Å². The van der Waals surface area contributed by atoms with Gasteiger partial charge in [-0.2, -0.15) is 0 Å². The number of rotatable bonds is 7. The molecule has 1 aromatic carbocycles. The molecule has 3 heteroatoms. The quantitative estimate of drug-likeness (QED) is 0.767. The molecule has 0 amide bonds. The van der Waals surface area contributed by atoms with Gasteiger partial charge in [-0.25, -0.2) is 0 Å². The zero-order valence-electron chi connectivity index (χ0n) is 11.7. The summed E-state index contributed by atoms with van der Waals surface area (Å²) in [5.41, 5.74) is 2.05. The van der Waals surface area contributed by atoms with Crippen LogP contribution >= 0.6 is 0 Å². The van der Waals surface area contributed by atoms with E-state index in [2.05, 4.69) is 11.8 Å². The Balaban J connectivity index is 2.46. The van der Waals surface area contributed by atoms with E-state index in [-0.39, 0.29) is 12.7 Å². The molecule has 0 aliphatic heterocycles. The summed E-state index contributed by atoms with van der Waals surface area (Å²) in [6, 6.07) is 7.95. The summed E-state index contributed by atoms with van der Waals surface area (Å²) in [5.74, 6) is 5.93. The highest BCUT2D eigenvalue weighted by molar-refractivity contribution is 5.36. The molecule has 104 valence electrons. The number of aliphatic hydroxyl groups is 1. The molecule has 0 saturated heterocycles. The van der Waals surface area contributed by atoms with Crippen molar-refractivity contribution in [2.45, 2.75) is 33.0 Å². The van der Waals surface area contributed by atoms with Crippen LogP contribution in [0.4, 0.5) is 0 Å². The highest BCUT2D eigenvalue weighted by Gasteiger charge is 2.02. The Labute approximate surface area is 115 Å². The lowest BCUT2D eigenvalue weighted by atomic mass is 10.1. The first-order valence-electron chi connectivity index (χ1n) is 6.64. The van der Waals surface area contributed by atoms with Crippen LogP contribution in [0, 0.1) is 11.8 Å². The first-order chi connectivity index (χ1) is 9.26. The van der Waals surface area contributed by atoms with Crippen molar-refractivity contribution >= 4 is 0 Å². The fourth-order valence-corrected chi connectivity index (χ4v) is 1.53. The minimum absolute atomic E-state index is 0.0871. The first kappa shape index (κ1) is 15.7. The third-order valence-corrected chi connectivity index (χ3v) is 2.49. The lowest BCUT2D eigenvalue weighted by molar-refractivity contribution is -0.0116. The molecule has 0 aliphatic rings. The smallest absolute Gasteiger partial charge is 0.0785 e. The van der Waals surface area contributed by atoms with Gasteiger partial charge in [0.15, 0.2) is 0 Å². The second-order valence-electron chi connectivity index (χ2n) is 4.26. The van der Waals surface area contributed by atoms with E-state index in [1.165, 1.54) is 0 Å². The Bertz CT molecular complexity index is 417. The van der Waals surface area contributed by atoms with Crippen molar-refractivity contribution in [2.24, 2.45) is 0 Å². The highest BCUT2D eigenvalue weighted by Crippen LogP contribution is 2.07. The summed E-state index contributed by atoms with van der Waals surface area (Å²) in [6.07, 6.45) is 0.593. The predicted molar refractivity (Wildman–Crippen MR) is 75.8 cm³/mol. The number of hydrogen-bond donors (Lipinski definition) is 1. The van der Waals surface area contributed by atoms with E-state index in [1.54, 1.807) is 0 Å². The Kier molecular flexibility index (Phi) is 7.92. The molecule has 1 aromatic rings. The van der Waals surface area contributed by atoms with Crippen LogP contribution in [0.3, 0.4) is 0 Å². The van der Waals surface area contributed by atoms with Crippen molar-refractivity contribution in [2.75, 3.05) is 19.8 Å². The monoisotopic (exact) mass is 262 g/mol. The van der Waals surface area contributed by atoms with Crippen LogP contribution in [0.15, 0.2) is 24.3 Å². The maximum atomic E-state index is 8.68. The second kappa shape index (κ2) is 9.57. The summed E-state index contributed by atoms with van der Waals surface area (Å²) >= 11 is 0. The average molecular weight is 262 g/mol. The summed E-state index contributed by atoms with van der Waals surface area (Å²) in [4.78, 5) is 0. The van der Waals surface area contributed by atoms with E-state index in [1.807, 2.05) is 38.1 Å². The first-order valence-corrected chi connectivity index (χ1v) is 6.64. The van der Waals surface area contributed by atoms with Crippen molar-refractivity contribution in [3.8, 4) is 11.8 Å². The Morgan fingerprint density at radius 2 is 2.21 bits per heavy atom. The van der Waals surface area contributed by atoms with Gasteiger partial charge in [0.2, 0.25) is 0 Å². The molecule has 19 heavy (non-hydrogen) atoms. The normalized spacial score (nSPS) is 11.7. The molecule has 0 spiro atoms. The minimum Gasteiger partial charge on any atom is -0.395 e. The SMILES string of the molecule is CCOCC(C)OCc1cccc(C#CCCO)c1. The second-order valence-corrected chi connectivity index (χ2v) is 4.26. The van der Waals surface area contributed by atoms with Crippen LogP contribution in [0.1, 0.15) is 31.4 Å². The maximum Gasteiger partial charge on any atom is 0.0785 e. The number of benzene rings is 1. The predicted octanol–water partition coefficient (Wildman–Crippen LogP) is 2.36. The van der Waals surface area contributed by atoms with Gasteiger partial charge < -0.3 is 14.6 Å². The van der Waals surface area contributed by atoms with Gasteiger partial charge in [-0.1, -0.05) is 24.0 Å². The molecule has 3 nitrogen and oxygen atoms in total. The van der Waals surface area contributed by atoms with Crippen LogP contribution < -0.4 is 0 Å². The molecule has 0 aliphatic carbocycles. The lowest BCUT2D eigenvalue weighted by Gasteiger charge is -2.12. The molecule has 1 rings (SSSR count). The molecule has 0 aromatic heterocycles. The van der Waals surface area contributed by atoms with Crippen LogP contribution in [0.2, 0.25) is 0 Å². The minimum atomic E-state index is 0.0871. The number of ether oxygens (including phenoxy) is 2. The van der Waals surface area contributed by atoms with Gasteiger partial charge in [0, 0.05) is 18.6 Å². The Morgan fingerprint density at radius 3 is 2.95 bits per heavy atom. The standard InChI is InChI=1S/C16H22O3/c1-3-18-12-14(2)19-13-16-9-6-8-15(11-16)7-4-5-10-17/h6,8-9,11,14,17H,3,5,10,12-13H2,1-2H3. The van der Waals surface area contributed by atoms with E-state index >= 15 is 0 Å². The zero-order valence-corrected chi connectivity index (χ0v) is 11.7. The van der Waals surface area contributed by atoms with Crippen LogP contribution in [-0.2, 0) is 16.1 Å². The molecule has 0 bridgehead atoms. The lowest BCUT2D eigenvalue weighted by Crippen LogP contribution is -2.15. The van der Waals surface area contributed by atoms with Gasteiger partial charge in [0.1, 0.15) is 0 Å². The molecule has 1 N–H and O–H groups in total.